The summed E-state index contributed by atoms with van der Waals surface area (Å²) in [4.78, 5) is 23.5. The Kier molecular flexibility index (Phi) is 6.25. The monoisotopic (exact) mass is 363 g/mol. The first kappa shape index (κ1) is 18.6. The van der Waals surface area contributed by atoms with Crippen LogP contribution in [0.2, 0.25) is 5.02 Å². The molecule has 7 heteroatoms. The van der Waals surface area contributed by atoms with Gasteiger partial charge >= 0.3 is 5.97 Å². The van der Waals surface area contributed by atoms with Crippen molar-refractivity contribution in [2.45, 2.75) is 13.8 Å². The highest BCUT2D eigenvalue weighted by atomic mass is 35.5. The molecule has 132 valence electrons. The van der Waals surface area contributed by atoms with Gasteiger partial charge in [0, 0.05) is 17.3 Å². The molecule has 0 saturated heterocycles. The molecule has 0 aliphatic heterocycles. The fourth-order valence-corrected chi connectivity index (χ4v) is 2.43. The number of amides is 1. The van der Waals surface area contributed by atoms with Crippen molar-refractivity contribution in [3.05, 3.63) is 52.5 Å². The van der Waals surface area contributed by atoms with Crippen LogP contribution in [-0.2, 0) is 0 Å². The number of anilines is 1. The third kappa shape index (κ3) is 4.87. The van der Waals surface area contributed by atoms with Crippen LogP contribution in [0.4, 0.5) is 5.69 Å². The van der Waals surface area contributed by atoms with Gasteiger partial charge in [-0.1, -0.05) is 11.6 Å². The Labute approximate surface area is 150 Å². The zero-order chi connectivity index (χ0) is 18.4. The minimum atomic E-state index is -1.13. The van der Waals surface area contributed by atoms with Gasteiger partial charge in [-0.3, -0.25) is 4.79 Å². The number of hydrogen-bond donors (Lipinski definition) is 2. The standard InChI is InChI=1S/C18H18ClNO5/c1-3-24-13-7-11(8-14(10-13)25-4-2)17(21)20-12-5-6-15(18(22)23)16(19)9-12/h5-10H,3-4H2,1-2H3,(H,20,21)(H,22,23). The SMILES string of the molecule is CCOc1cc(OCC)cc(C(=O)Nc2ccc(C(=O)O)c(Cl)c2)c1. The number of nitrogens with one attached hydrogen (secondary N) is 1. The normalized spacial score (nSPS) is 10.2. The van der Waals surface area contributed by atoms with E-state index >= 15 is 0 Å². The third-order valence-corrected chi connectivity index (χ3v) is 3.53. The second-order valence-electron chi connectivity index (χ2n) is 5.01. The topological polar surface area (TPSA) is 84.9 Å². The van der Waals surface area contributed by atoms with Gasteiger partial charge in [0.15, 0.2) is 0 Å². The Hall–Kier alpha value is -2.73. The van der Waals surface area contributed by atoms with Crippen molar-refractivity contribution in [3.63, 3.8) is 0 Å². The van der Waals surface area contributed by atoms with Crippen LogP contribution in [0.15, 0.2) is 36.4 Å². The highest BCUT2D eigenvalue weighted by Gasteiger charge is 2.13. The van der Waals surface area contributed by atoms with Crippen molar-refractivity contribution in [2.24, 2.45) is 0 Å². The molecule has 0 aliphatic carbocycles. The van der Waals surface area contributed by atoms with Crippen molar-refractivity contribution >= 4 is 29.2 Å². The molecule has 0 saturated carbocycles. The van der Waals surface area contributed by atoms with E-state index in [1.54, 1.807) is 18.2 Å². The van der Waals surface area contributed by atoms with Gasteiger partial charge in [-0.2, -0.15) is 0 Å². The quantitative estimate of drug-likeness (QED) is 0.774. The van der Waals surface area contributed by atoms with Crippen molar-refractivity contribution in [2.75, 3.05) is 18.5 Å². The van der Waals surface area contributed by atoms with Crippen molar-refractivity contribution in [3.8, 4) is 11.5 Å². The number of rotatable bonds is 7. The highest BCUT2D eigenvalue weighted by Crippen LogP contribution is 2.25. The Morgan fingerprint density at radius 1 is 1.04 bits per heavy atom. The van der Waals surface area contributed by atoms with Crippen LogP contribution in [-0.4, -0.2) is 30.2 Å². The molecule has 0 spiro atoms. The molecule has 0 aromatic heterocycles. The van der Waals surface area contributed by atoms with Gasteiger partial charge in [-0.25, -0.2) is 4.79 Å². The summed E-state index contributed by atoms with van der Waals surface area (Å²) in [6.07, 6.45) is 0. The summed E-state index contributed by atoms with van der Waals surface area (Å²) in [5, 5.41) is 11.7. The second-order valence-corrected chi connectivity index (χ2v) is 5.42. The van der Waals surface area contributed by atoms with Gasteiger partial charge in [0.1, 0.15) is 11.5 Å². The van der Waals surface area contributed by atoms with Gasteiger partial charge in [0.2, 0.25) is 0 Å². The molecule has 2 aromatic carbocycles. The first-order valence-electron chi connectivity index (χ1n) is 7.69. The zero-order valence-corrected chi connectivity index (χ0v) is 14.6. The number of carbonyl (C=O) groups excluding carboxylic acids is 1. The Morgan fingerprint density at radius 2 is 1.64 bits per heavy atom. The smallest absolute Gasteiger partial charge is 0.337 e. The fourth-order valence-electron chi connectivity index (χ4n) is 2.17. The first-order chi connectivity index (χ1) is 11.9. The van der Waals surface area contributed by atoms with Crippen molar-refractivity contribution in [1.82, 2.24) is 0 Å². The van der Waals surface area contributed by atoms with Crippen LogP contribution < -0.4 is 14.8 Å². The van der Waals surface area contributed by atoms with Crippen LogP contribution in [0.5, 0.6) is 11.5 Å². The lowest BCUT2D eigenvalue weighted by atomic mass is 10.1. The first-order valence-corrected chi connectivity index (χ1v) is 8.07. The third-order valence-electron chi connectivity index (χ3n) is 3.22. The van der Waals surface area contributed by atoms with Crippen molar-refractivity contribution < 1.29 is 24.2 Å². The number of hydrogen-bond acceptors (Lipinski definition) is 4. The molecule has 0 unspecified atom stereocenters. The van der Waals surface area contributed by atoms with Gasteiger partial charge in [-0.15, -0.1) is 0 Å². The van der Waals surface area contributed by atoms with E-state index in [-0.39, 0.29) is 16.5 Å². The summed E-state index contributed by atoms with van der Waals surface area (Å²) in [5.74, 6) is -0.467. The van der Waals surface area contributed by atoms with E-state index in [1.807, 2.05) is 13.8 Å². The molecule has 0 heterocycles. The molecule has 2 rings (SSSR count). The van der Waals surface area contributed by atoms with Crippen LogP contribution in [0, 0.1) is 0 Å². The summed E-state index contributed by atoms with van der Waals surface area (Å²) < 4.78 is 10.9. The fraction of sp³-hybridized carbons (Fsp3) is 0.222. The molecule has 6 nitrogen and oxygen atoms in total. The minimum Gasteiger partial charge on any atom is -0.494 e. The molecule has 2 N–H and O–H groups in total. The summed E-state index contributed by atoms with van der Waals surface area (Å²) in [5.41, 5.74) is 0.712. The molecule has 0 aliphatic rings. The van der Waals surface area contributed by atoms with E-state index in [4.69, 9.17) is 26.2 Å². The number of carboxylic acids is 1. The van der Waals surface area contributed by atoms with E-state index in [1.165, 1.54) is 18.2 Å². The summed E-state index contributed by atoms with van der Waals surface area (Å²) >= 11 is 5.91. The van der Waals surface area contributed by atoms with E-state index < -0.39 is 5.97 Å². The lowest BCUT2D eigenvalue weighted by Gasteiger charge is -2.11. The maximum Gasteiger partial charge on any atom is 0.337 e. The van der Waals surface area contributed by atoms with Gasteiger partial charge in [-0.05, 0) is 44.2 Å². The number of benzene rings is 2. The maximum atomic E-state index is 12.5. The summed E-state index contributed by atoms with van der Waals surface area (Å²) in [6.45, 7) is 4.62. The molecular weight excluding hydrogens is 346 g/mol. The predicted octanol–water partition coefficient (Wildman–Crippen LogP) is 4.09. The molecule has 0 atom stereocenters. The maximum absolute atomic E-state index is 12.5. The largest absolute Gasteiger partial charge is 0.494 e. The minimum absolute atomic E-state index is 0.0309. The second kappa shape index (κ2) is 8.39. The number of ether oxygens (including phenoxy) is 2. The van der Waals surface area contributed by atoms with E-state index in [0.717, 1.165) is 0 Å². The lowest BCUT2D eigenvalue weighted by molar-refractivity contribution is 0.0697. The zero-order valence-electron chi connectivity index (χ0n) is 13.8. The van der Waals surface area contributed by atoms with Gasteiger partial charge in [0.25, 0.3) is 5.91 Å². The summed E-state index contributed by atoms with van der Waals surface area (Å²) in [7, 11) is 0. The molecule has 0 radical (unpaired) electrons. The highest BCUT2D eigenvalue weighted by molar-refractivity contribution is 6.33. The lowest BCUT2D eigenvalue weighted by Crippen LogP contribution is -2.13. The number of aromatic carboxylic acids is 1. The summed E-state index contributed by atoms with van der Waals surface area (Å²) in [6, 6.07) is 9.12. The number of carbonyl (C=O) groups is 2. The predicted molar refractivity (Wildman–Crippen MR) is 95.1 cm³/mol. The average Bonchev–Trinajstić information content (AvgIpc) is 2.55. The van der Waals surface area contributed by atoms with Crippen LogP contribution >= 0.6 is 11.6 Å². The molecule has 0 bridgehead atoms. The Morgan fingerprint density at radius 3 is 2.12 bits per heavy atom. The van der Waals surface area contributed by atoms with Crippen LogP contribution in [0.3, 0.4) is 0 Å². The van der Waals surface area contributed by atoms with E-state index in [2.05, 4.69) is 5.32 Å². The molecule has 1 amide bonds. The number of halogens is 1. The van der Waals surface area contributed by atoms with Crippen molar-refractivity contribution in [1.29, 1.82) is 0 Å². The molecular formula is C18H18ClNO5. The molecule has 25 heavy (non-hydrogen) atoms. The molecule has 2 aromatic rings. The van der Waals surface area contributed by atoms with Gasteiger partial charge < -0.3 is 19.9 Å². The number of carboxylic acid groups (broad SMARTS) is 1. The Bertz CT molecular complexity index is 767. The van der Waals surface area contributed by atoms with Gasteiger partial charge in [0.05, 0.1) is 23.8 Å². The van der Waals surface area contributed by atoms with Crippen LogP contribution in [0.25, 0.3) is 0 Å². The average molecular weight is 364 g/mol. The van der Waals surface area contributed by atoms with E-state index in [0.29, 0.717) is 36.0 Å². The Balaban J connectivity index is 2.25. The molecule has 0 fully saturated rings. The van der Waals surface area contributed by atoms with Crippen LogP contribution in [0.1, 0.15) is 34.6 Å². The van der Waals surface area contributed by atoms with E-state index in [9.17, 15) is 9.59 Å².